The monoisotopic (exact) mass is 400 g/mol. The Bertz CT molecular complexity index is 976. The van der Waals surface area contributed by atoms with Gasteiger partial charge in [-0.15, -0.1) is 0 Å². The molecular formula is C23H22ClFO3. The van der Waals surface area contributed by atoms with Crippen LogP contribution in [0.15, 0.2) is 30.3 Å². The fourth-order valence-corrected chi connectivity index (χ4v) is 4.73. The van der Waals surface area contributed by atoms with Gasteiger partial charge in [0.25, 0.3) is 0 Å². The van der Waals surface area contributed by atoms with Crippen LogP contribution in [-0.4, -0.2) is 17.4 Å². The van der Waals surface area contributed by atoms with Gasteiger partial charge >= 0.3 is 5.97 Å². The topological polar surface area (TPSA) is 43.4 Å². The lowest BCUT2D eigenvalue weighted by Crippen LogP contribution is -2.39. The van der Waals surface area contributed by atoms with Crippen molar-refractivity contribution < 1.29 is 18.7 Å². The molecule has 146 valence electrons. The van der Waals surface area contributed by atoms with Crippen LogP contribution in [0.1, 0.15) is 54.7 Å². The van der Waals surface area contributed by atoms with Gasteiger partial charge in [0.05, 0.1) is 0 Å². The summed E-state index contributed by atoms with van der Waals surface area (Å²) in [6, 6.07) is 8.37. The van der Waals surface area contributed by atoms with Gasteiger partial charge in [-0.05, 0) is 86.1 Å². The summed E-state index contributed by atoms with van der Waals surface area (Å²) in [6.07, 6.45) is 4.07. The van der Waals surface area contributed by atoms with E-state index in [0.29, 0.717) is 29.0 Å². The molecule has 0 bridgehead atoms. The Morgan fingerprint density at radius 3 is 2.43 bits per heavy atom. The van der Waals surface area contributed by atoms with Gasteiger partial charge in [-0.2, -0.15) is 0 Å². The maximum absolute atomic E-state index is 13.6. The first-order valence-electron chi connectivity index (χ1n) is 9.66. The average molecular weight is 401 g/mol. The van der Waals surface area contributed by atoms with Gasteiger partial charge in [0.15, 0.2) is 11.4 Å². The van der Waals surface area contributed by atoms with Gasteiger partial charge in [-0.3, -0.25) is 9.59 Å². The standard InChI is InChI=1S/C23H22ClFO3/c1-13-11-17(15-6-7-19(25)14(2)10-15)18(24)12-16(13)20-21(26)23(28-22(20)27)8-4-3-5-9-23/h6-7,10-12,20H,3-5,8-9H2,1-2H3. The number of Topliss-reactive ketones (excluding diaryl/α,β-unsaturated/α-hetero) is 1. The third kappa shape index (κ3) is 3.04. The van der Waals surface area contributed by atoms with E-state index >= 15 is 0 Å². The molecule has 1 spiro atoms. The van der Waals surface area contributed by atoms with Crippen LogP contribution in [-0.2, 0) is 14.3 Å². The van der Waals surface area contributed by atoms with Crippen molar-refractivity contribution in [2.45, 2.75) is 57.5 Å². The summed E-state index contributed by atoms with van der Waals surface area (Å²) in [7, 11) is 0. The Labute approximate surface area is 168 Å². The molecule has 0 radical (unpaired) electrons. The smallest absolute Gasteiger partial charge is 0.322 e. The molecule has 2 fully saturated rings. The molecule has 1 aliphatic carbocycles. The van der Waals surface area contributed by atoms with Crippen molar-refractivity contribution in [1.29, 1.82) is 0 Å². The lowest BCUT2D eigenvalue weighted by atomic mass is 9.77. The molecule has 1 heterocycles. The molecule has 5 heteroatoms. The number of ether oxygens (including phenoxy) is 1. The van der Waals surface area contributed by atoms with E-state index in [2.05, 4.69) is 0 Å². The normalized spacial score (nSPS) is 21.2. The van der Waals surface area contributed by atoms with Gasteiger partial charge in [0, 0.05) is 10.6 Å². The van der Waals surface area contributed by atoms with Crippen molar-refractivity contribution in [3.63, 3.8) is 0 Å². The quantitative estimate of drug-likeness (QED) is 0.481. The van der Waals surface area contributed by atoms with Crippen LogP contribution in [0.25, 0.3) is 11.1 Å². The van der Waals surface area contributed by atoms with E-state index < -0.39 is 17.5 Å². The summed E-state index contributed by atoms with van der Waals surface area (Å²) in [5, 5.41) is 0.428. The molecular weight excluding hydrogens is 379 g/mol. The number of carbonyl (C=O) groups is 2. The molecule has 1 atom stereocenters. The number of esters is 1. The Morgan fingerprint density at radius 2 is 1.75 bits per heavy atom. The maximum Gasteiger partial charge on any atom is 0.322 e. The number of halogens is 2. The van der Waals surface area contributed by atoms with E-state index in [4.69, 9.17) is 16.3 Å². The second kappa shape index (κ2) is 7.00. The number of ketones is 1. The van der Waals surface area contributed by atoms with Crippen LogP contribution in [0, 0.1) is 19.7 Å². The van der Waals surface area contributed by atoms with Crippen molar-refractivity contribution in [2.24, 2.45) is 0 Å². The van der Waals surface area contributed by atoms with Gasteiger partial charge in [-0.25, -0.2) is 4.39 Å². The Balaban J connectivity index is 1.73. The molecule has 4 rings (SSSR count). The van der Waals surface area contributed by atoms with E-state index in [1.165, 1.54) is 6.07 Å². The average Bonchev–Trinajstić information content (AvgIpc) is 2.89. The molecule has 3 nitrogen and oxygen atoms in total. The number of aryl methyl sites for hydroxylation is 2. The minimum Gasteiger partial charge on any atom is -0.450 e. The molecule has 2 aromatic rings. The van der Waals surface area contributed by atoms with Crippen molar-refractivity contribution in [1.82, 2.24) is 0 Å². The largest absolute Gasteiger partial charge is 0.450 e. The van der Waals surface area contributed by atoms with Crippen molar-refractivity contribution in [3.8, 4) is 11.1 Å². The van der Waals surface area contributed by atoms with Crippen LogP contribution in [0.3, 0.4) is 0 Å². The van der Waals surface area contributed by atoms with Crippen LogP contribution < -0.4 is 0 Å². The predicted octanol–water partition coefficient (Wildman–Crippen LogP) is 5.68. The number of hydrogen-bond acceptors (Lipinski definition) is 3. The van der Waals surface area contributed by atoms with Gasteiger partial charge in [0.1, 0.15) is 11.7 Å². The number of carbonyl (C=O) groups excluding carboxylic acids is 2. The third-order valence-corrected chi connectivity index (χ3v) is 6.35. The van der Waals surface area contributed by atoms with Crippen molar-refractivity contribution in [2.75, 3.05) is 0 Å². The lowest BCUT2D eigenvalue weighted by molar-refractivity contribution is -0.154. The Hall–Kier alpha value is -2.20. The Morgan fingerprint density at radius 1 is 1.04 bits per heavy atom. The molecule has 1 saturated carbocycles. The molecule has 1 unspecified atom stereocenters. The zero-order valence-corrected chi connectivity index (χ0v) is 16.7. The van der Waals surface area contributed by atoms with Gasteiger partial charge < -0.3 is 4.74 Å². The van der Waals surface area contributed by atoms with E-state index in [0.717, 1.165) is 36.0 Å². The summed E-state index contributed by atoms with van der Waals surface area (Å²) >= 11 is 6.52. The summed E-state index contributed by atoms with van der Waals surface area (Å²) in [5.74, 6) is -1.80. The highest BCUT2D eigenvalue weighted by Gasteiger charge is 2.55. The fourth-order valence-electron chi connectivity index (χ4n) is 4.45. The minimum absolute atomic E-state index is 0.137. The van der Waals surface area contributed by atoms with E-state index in [-0.39, 0.29) is 11.6 Å². The number of rotatable bonds is 2. The summed E-state index contributed by atoms with van der Waals surface area (Å²) in [6.45, 7) is 3.56. The van der Waals surface area contributed by atoms with E-state index in [9.17, 15) is 14.0 Å². The highest BCUT2D eigenvalue weighted by Crippen LogP contribution is 2.45. The molecule has 28 heavy (non-hydrogen) atoms. The first-order valence-corrected chi connectivity index (χ1v) is 10.0. The molecule has 0 aromatic heterocycles. The van der Waals surface area contributed by atoms with Crippen LogP contribution in [0.4, 0.5) is 4.39 Å². The van der Waals surface area contributed by atoms with Crippen LogP contribution in [0.5, 0.6) is 0 Å². The zero-order chi connectivity index (χ0) is 20.1. The highest BCUT2D eigenvalue weighted by molar-refractivity contribution is 6.33. The van der Waals surface area contributed by atoms with Crippen molar-refractivity contribution >= 4 is 23.4 Å². The van der Waals surface area contributed by atoms with Crippen LogP contribution >= 0.6 is 11.6 Å². The molecule has 1 aliphatic heterocycles. The van der Waals surface area contributed by atoms with Gasteiger partial charge in [-0.1, -0.05) is 24.1 Å². The van der Waals surface area contributed by atoms with Crippen LogP contribution in [0.2, 0.25) is 5.02 Å². The SMILES string of the molecule is Cc1cc(-c2cc(C)c(C3C(=O)OC4(CCCCC4)C3=O)cc2Cl)ccc1F. The number of benzene rings is 2. The first kappa shape index (κ1) is 19.1. The van der Waals surface area contributed by atoms with Gasteiger partial charge in [0.2, 0.25) is 0 Å². The summed E-state index contributed by atoms with van der Waals surface area (Å²) in [5.41, 5.74) is 2.52. The lowest BCUT2D eigenvalue weighted by Gasteiger charge is -2.29. The third-order valence-electron chi connectivity index (χ3n) is 6.04. The Kier molecular flexibility index (Phi) is 4.78. The van der Waals surface area contributed by atoms with E-state index in [1.54, 1.807) is 25.1 Å². The second-order valence-corrected chi connectivity index (χ2v) is 8.33. The fraction of sp³-hybridized carbons (Fsp3) is 0.391. The molecule has 2 aliphatic rings. The maximum atomic E-state index is 13.6. The molecule has 2 aromatic carbocycles. The van der Waals surface area contributed by atoms with E-state index in [1.807, 2.05) is 13.0 Å². The minimum atomic E-state index is -0.953. The predicted molar refractivity (Wildman–Crippen MR) is 106 cm³/mol. The summed E-state index contributed by atoms with van der Waals surface area (Å²) in [4.78, 5) is 25.8. The molecule has 1 saturated heterocycles. The highest BCUT2D eigenvalue weighted by atomic mass is 35.5. The molecule has 0 amide bonds. The molecule has 0 N–H and O–H groups in total. The first-order chi connectivity index (χ1) is 13.3. The summed E-state index contributed by atoms with van der Waals surface area (Å²) < 4.78 is 19.2. The number of hydrogen-bond donors (Lipinski definition) is 0. The second-order valence-electron chi connectivity index (χ2n) is 7.93. The van der Waals surface area contributed by atoms with Crippen molar-refractivity contribution in [3.05, 3.63) is 57.9 Å². The zero-order valence-electron chi connectivity index (χ0n) is 16.0.